The van der Waals surface area contributed by atoms with E-state index in [1.54, 1.807) is 6.07 Å². The molecule has 164 valence electrons. The average molecular weight is 464 g/mol. The molecule has 0 aliphatic heterocycles. The monoisotopic (exact) mass is 463 g/mol. The number of amides is 2. The Labute approximate surface area is 182 Å². The van der Waals surface area contributed by atoms with Gasteiger partial charge >= 0.3 is 12.7 Å². The largest absolute Gasteiger partial charge is 0.465 e. The maximum absolute atomic E-state index is 13.0. The highest BCUT2D eigenvalue weighted by Gasteiger charge is 2.25. The molecule has 3 aromatic heterocycles. The van der Waals surface area contributed by atoms with Gasteiger partial charge in [0.25, 0.3) is 5.91 Å². The highest BCUT2D eigenvalue weighted by Crippen LogP contribution is 2.36. The third-order valence-corrected chi connectivity index (χ3v) is 4.38. The second kappa shape index (κ2) is 8.47. The zero-order valence-corrected chi connectivity index (χ0v) is 16.5. The number of H-pyrrole nitrogens is 1. The lowest BCUT2D eigenvalue weighted by molar-refractivity contribution is -0.0494. The Kier molecular flexibility index (Phi) is 5.55. The van der Waals surface area contributed by atoms with E-state index in [9.17, 15) is 18.4 Å². The van der Waals surface area contributed by atoms with Gasteiger partial charge in [-0.3, -0.25) is 15.2 Å². The quantitative estimate of drug-likeness (QED) is 0.341. The Morgan fingerprint density at radius 1 is 1.28 bits per heavy atom. The van der Waals surface area contributed by atoms with Crippen LogP contribution in [0.3, 0.4) is 0 Å². The van der Waals surface area contributed by atoms with Crippen molar-refractivity contribution in [3.63, 3.8) is 0 Å². The minimum Gasteiger partial charge on any atom is -0.465 e. The molecule has 32 heavy (non-hydrogen) atoms. The molecular formula is C18H12ClF2N7O4. The van der Waals surface area contributed by atoms with E-state index in [1.165, 1.54) is 41.3 Å². The summed E-state index contributed by atoms with van der Waals surface area (Å²) < 4.78 is 31.4. The summed E-state index contributed by atoms with van der Waals surface area (Å²) in [6.07, 6.45) is 2.76. The fourth-order valence-electron chi connectivity index (χ4n) is 2.95. The number of carbonyl (C=O) groups excluding carboxylic acids is 1. The van der Waals surface area contributed by atoms with Crippen LogP contribution in [0.15, 0.2) is 42.9 Å². The zero-order chi connectivity index (χ0) is 22.8. The second-order valence-electron chi connectivity index (χ2n) is 6.16. The van der Waals surface area contributed by atoms with Gasteiger partial charge in [-0.05, 0) is 24.3 Å². The summed E-state index contributed by atoms with van der Waals surface area (Å²) in [5.41, 5.74) is 0.177. The molecule has 4 N–H and O–H groups in total. The van der Waals surface area contributed by atoms with Crippen molar-refractivity contribution in [1.29, 1.82) is 0 Å². The molecule has 0 bridgehead atoms. The molecule has 0 saturated heterocycles. The summed E-state index contributed by atoms with van der Waals surface area (Å²) in [5.74, 6) is -1.23. The first-order chi connectivity index (χ1) is 15.3. The van der Waals surface area contributed by atoms with Gasteiger partial charge in [0.05, 0.1) is 5.69 Å². The number of carboxylic acid groups (broad SMARTS) is 1. The van der Waals surface area contributed by atoms with Crippen LogP contribution >= 0.6 is 11.6 Å². The van der Waals surface area contributed by atoms with Gasteiger partial charge in [-0.2, -0.15) is 13.9 Å². The maximum Gasteiger partial charge on any atom is 0.410 e. The van der Waals surface area contributed by atoms with Gasteiger partial charge < -0.3 is 15.2 Å². The van der Waals surface area contributed by atoms with Crippen molar-refractivity contribution in [3.8, 4) is 17.0 Å². The molecule has 0 radical (unpaired) electrons. The van der Waals surface area contributed by atoms with Gasteiger partial charge in [0.2, 0.25) is 0 Å². The Hall–Kier alpha value is -4.26. The number of aromatic nitrogens is 5. The first-order valence-corrected chi connectivity index (χ1v) is 9.14. The maximum atomic E-state index is 13.0. The van der Waals surface area contributed by atoms with Crippen molar-refractivity contribution in [2.24, 2.45) is 0 Å². The van der Waals surface area contributed by atoms with E-state index in [0.717, 1.165) is 0 Å². The van der Waals surface area contributed by atoms with Gasteiger partial charge in [0.15, 0.2) is 11.5 Å². The van der Waals surface area contributed by atoms with Crippen LogP contribution in [0.25, 0.3) is 16.9 Å². The predicted octanol–water partition coefficient (Wildman–Crippen LogP) is 3.72. The molecule has 0 saturated carbocycles. The highest BCUT2D eigenvalue weighted by molar-refractivity contribution is 6.31. The Morgan fingerprint density at radius 2 is 2.09 bits per heavy atom. The fourth-order valence-corrected chi connectivity index (χ4v) is 3.12. The van der Waals surface area contributed by atoms with Crippen LogP contribution < -0.4 is 15.4 Å². The van der Waals surface area contributed by atoms with Crippen molar-refractivity contribution >= 4 is 40.8 Å². The minimum atomic E-state index is -3.10. The van der Waals surface area contributed by atoms with E-state index in [0.29, 0.717) is 0 Å². The summed E-state index contributed by atoms with van der Waals surface area (Å²) in [4.78, 5) is 28.2. The number of carbonyl (C=O) groups is 2. The topological polar surface area (TPSA) is 147 Å². The van der Waals surface area contributed by atoms with E-state index in [1.807, 2.05) is 5.32 Å². The van der Waals surface area contributed by atoms with Crippen molar-refractivity contribution in [3.05, 3.63) is 53.4 Å². The predicted molar refractivity (Wildman–Crippen MR) is 108 cm³/mol. The molecular weight excluding hydrogens is 452 g/mol. The zero-order valence-electron chi connectivity index (χ0n) is 15.7. The SMILES string of the molecule is O=C(O)Nc1nn2cccnc2c1C(=O)Nc1c[nH]nc1-c1cc(Cl)ccc1OC(F)F. The number of hydrogen-bond donors (Lipinski definition) is 4. The molecule has 4 aromatic rings. The Balaban J connectivity index is 1.73. The van der Waals surface area contributed by atoms with Gasteiger partial charge in [0.1, 0.15) is 17.0 Å². The molecule has 2 amide bonds. The molecule has 14 heteroatoms. The number of nitrogens with zero attached hydrogens (tertiary/aromatic N) is 4. The number of halogens is 3. The molecule has 4 rings (SSSR count). The smallest absolute Gasteiger partial charge is 0.410 e. The number of anilines is 2. The first kappa shape index (κ1) is 21.0. The Bertz CT molecular complexity index is 1320. The van der Waals surface area contributed by atoms with Gasteiger partial charge in [-0.15, -0.1) is 5.10 Å². The number of aromatic amines is 1. The molecule has 0 fully saturated rings. The van der Waals surface area contributed by atoms with Crippen LogP contribution in [-0.2, 0) is 0 Å². The number of nitrogens with one attached hydrogen (secondary N) is 3. The van der Waals surface area contributed by atoms with E-state index < -0.39 is 18.6 Å². The molecule has 0 unspecified atom stereocenters. The lowest BCUT2D eigenvalue weighted by Gasteiger charge is -2.11. The highest BCUT2D eigenvalue weighted by atomic mass is 35.5. The molecule has 1 aromatic carbocycles. The molecule has 11 nitrogen and oxygen atoms in total. The molecule has 0 aliphatic carbocycles. The number of rotatable bonds is 6. The van der Waals surface area contributed by atoms with Crippen LogP contribution in [0.5, 0.6) is 5.75 Å². The molecule has 0 spiro atoms. The van der Waals surface area contributed by atoms with Crippen molar-refractivity contribution in [2.75, 3.05) is 10.6 Å². The van der Waals surface area contributed by atoms with Crippen molar-refractivity contribution < 1.29 is 28.2 Å². The third-order valence-electron chi connectivity index (χ3n) is 4.15. The van der Waals surface area contributed by atoms with Crippen LogP contribution in [-0.4, -0.2) is 48.5 Å². The standard InChI is InChI=1S/C18H12ClF2N7O4/c19-8-2-3-11(32-17(20)21)9(6-8)13-10(7-23-26-13)24-16(29)12-14(25-18(30)31)27-28-5-1-4-22-15(12)28/h1-7,17H,(H,23,26)(H,24,29)(H,25,27)(H,30,31). The summed E-state index contributed by atoms with van der Waals surface area (Å²) in [6.45, 7) is -3.10. The molecule has 0 aliphatic rings. The van der Waals surface area contributed by atoms with Crippen LogP contribution in [0.2, 0.25) is 5.02 Å². The van der Waals surface area contributed by atoms with Crippen LogP contribution in [0, 0.1) is 0 Å². The number of alkyl halides is 2. The normalized spacial score (nSPS) is 11.0. The summed E-state index contributed by atoms with van der Waals surface area (Å²) >= 11 is 5.99. The molecule has 3 heterocycles. The lowest BCUT2D eigenvalue weighted by Crippen LogP contribution is -2.16. The number of fused-ring (bicyclic) bond motifs is 1. The summed E-state index contributed by atoms with van der Waals surface area (Å²) in [5, 5.41) is 24.4. The summed E-state index contributed by atoms with van der Waals surface area (Å²) in [6, 6.07) is 5.50. The summed E-state index contributed by atoms with van der Waals surface area (Å²) in [7, 11) is 0. The van der Waals surface area contributed by atoms with E-state index in [-0.39, 0.29) is 44.7 Å². The number of hydrogen-bond acceptors (Lipinski definition) is 6. The van der Waals surface area contributed by atoms with Crippen LogP contribution in [0.1, 0.15) is 10.4 Å². The van der Waals surface area contributed by atoms with E-state index in [4.69, 9.17) is 16.7 Å². The minimum absolute atomic E-state index is 0.0636. The van der Waals surface area contributed by atoms with Gasteiger partial charge in [-0.1, -0.05) is 11.6 Å². The van der Waals surface area contributed by atoms with E-state index >= 15 is 0 Å². The first-order valence-electron chi connectivity index (χ1n) is 8.76. The van der Waals surface area contributed by atoms with Crippen molar-refractivity contribution in [2.45, 2.75) is 6.61 Å². The molecule has 0 atom stereocenters. The van der Waals surface area contributed by atoms with E-state index in [2.05, 4.69) is 30.3 Å². The number of benzene rings is 1. The van der Waals surface area contributed by atoms with Crippen molar-refractivity contribution in [1.82, 2.24) is 24.8 Å². The van der Waals surface area contributed by atoms with Crippen LogP contribution in [0.4, 0.5) is 25.1 Å². The lowest BCUT2D eigenvalue weighted by atomic mass is 10.1. The average Bonchev–Trinajstić information content (AvgIpc) is 3.32. The Morgan fingerprint density at radius 3 is 2.84 bits per heavy atom. The number of ether oxygens (including phenoxy) is 1. The fraction of sp³-hybridized carbons (Fsp3) is 0.0556. The van der Waals surface area contributed by atoms with Gasteiger partial charge in [-0.25, -0.2) is 14.3 Å². The van der Waals surface area contributed by atoms with Gasteiger partial charge in [0, 0.05) is 29.2 Å². The second-order valence-corrected chi connectivity index (χ2v) is 6.60. The third kappa shape index (κ3) is 4.13.